The highest BCUT2D eigenvalue weighted by Crippen LogP contribution is 2.29. The van der Waals surface area contributed by atoms with E-state index in [1.807, 2.05) is 17.7 Å². The van der Waals surface area contributed by atoms with Crippen molar-refractivity contribution in [2.45, 2.75) is 31.1 Å². The molecule has 0 fully saturated rings. The van der Waals surface area contributed by atoms with Crippen LogP contribution >= 0.6 is 35.1 Å². The first-order valence-electron chi connectivity index (χ1n) is 11.5. The fourth-order valence-corrected chi connectivity index (χ4v) is 4.99. The van der Waals surface area contributed by atoms with E-state index in [0.29, 0.717) is 51.7 Å². The Kier molecular flexibility index (Phi) is 11.0. The molecule has 0 aliphatic carbocycles. The number of halogens is 1. The molecule has 0 aliphatic heterocycles. The van der Waals surface area contributed by atoms with Gasteiger partial charge in [-0.05, 0) is 67.8 Å². The van der Waals surface area contributed by atoms with Crippen molar-refractivity contribution >= 4 is 52.6 Å². The average molecular weight is 564 g/mol. The summed E-state index contributed by atoms with van der Waals surface area (Å²) in [6, 6.07) is 11.6. The Balaban J connectivity index is 1.72. The molecule has 0 saturated heterocycles. The van der Waals surface area contributed by atoms with Crippen LogP contribution < -0.4 is 20.1 Å². The van der Waals surface area contributed by atoms with Crippen LogP contribution in [-0.4, -0.2) is 58.6 Å². The van der Waals surface area contributed by atoms with E-state index >= 15 is 0 Å². The number of carbonyl (C=O) groups is 2. The minimum Gasteiger partial charge on any atom is -0.497 e. The standard InChI is InChI=1S/C25H30ClN5O4S2/c1-5-31-23(19(12-13-36-4)28-24(33)16-6-9-18(34-2)10-7-16)29-30-25(31)37-15-22(32)27-20-14-17(26)8-11-21(20)35-3/h6-11,14,19H,5,12-13,15H2,1-4H3,(H,27,32)(H,28,33). The van der Waals surface area contributed by atoms with Crippen molar-refractivity contribution in [1.82, 2.24) is 20.1 Å². The van der Waals surface area contributed by atoms with Crippen molar-refractivity contribution in [1.29, 1.82) is 0 Å². The van der Waals surface area contributed by atoms with Gasteiger partial charge in [-0.15, -0.1) is 10.2 Å². The van der Waals surface area contributed by atoms with Crippen molar-refractivity contribution in [3.8, 4) is 11.5 Å². The molecule has 0 spiro atoms. The van der Waals surface area contributed by atoms with E-state index in [1.165, 1.54) is 18.9 Å². The molecule has 3 rings (SSSR count). The summed E-state index contributed by atoms with van der Waals surface area (Å²) in [6.45, 7) is 2.56. The molecule has 2 aromatic carbocycles. The molecule has 2 N–H and O–H groups in total. The Morgan fingerprint density at radius 3 is 2.51 bits per heavy atom. The lowest BCUT2D eigenvalue weighted by atomic mass is 10.1. The van der Waals surface area contributed by atoms with Gasteiger partial charge in [0.25, 0.3) is 5.91 Å². The topological polar surface area (TPSA) is 107 Å². The van der Waals surface area contributed by atoms with Crippen LogP contribution in [-0.2, 0) is 11.3 Å². The van der Waals surface area contributed by atoms with Gasteiger partial charge in [0.15, 0.2) is 11.0 Å². The first-order chi connectivity index (χ1) is 17.9. The van der Waals surface area contributed by atoms with Gasteiger partial charge < -0.3 is 24.7 Å². The third-order valence-corrected chi connectivity index (χ3v) is 7.26. The largest absolute Gasteiger partial charge is 0.497 e. The maximum Gasteiger partial charge on any atom is 0.251 e. The highest BCUT2D eigenvalue weighted by atomic mass is 35.5. The SMILES string of the molecule is CCn1c(SCC(=O)Nc2cc(Cl)ccc2OC)nnc1C(CCSC)NC(=O)c1ccc(OC)cc1. The molecule has 0 radical (unpaired) electrons. The van der Waals surface area contributed by atoms with Gasteiger partial charge in [0.2, 0.25) is 5.91 Å². The molecule has 0 saturated carbocycles. The van der Waals surface area contributed by atoms with E-state index < -0.39 is 0 Å². The first-order valence-corrected chi connectivity index (χ1v) is 14.3. The number of methoxy groups -OCH3 is 2. The molecule has 1 unspecified atom stereocenters. The zero-order valence-corrected chi connectivity index (χ0v) is 23.5. The van der Waals surface area contributed by atoms with Gasteiger partial charge in [-0.1, -0.05) is 23.4 Å². The maximum absolute atomic E-state index is 13.0. The second kappa shape index (κ2) is 14.2. The zero-order chi connectivity index (χ0) is 26.8. The van der Waals surface area contributed by atoms with Crippen LogP contribution in [0.5, 0.6) is 11.5 Å². The number of carbonyl (C=O) groups excluding carboxylic acids is 2. The predicted molar refractivity (Wildman–Crippen MR) is 149 cm³/mol. The summed E-state index contributed by atoms with van der Waals surface area (Å²) in [5.74, 6) is 2.36. The molecule has 2 amide bonds. The molecule has 1 heterocycles. The van der Waals surface area contributed by atoms with Gasteiger partial charge in [-0.2, -0.15) is 11.8 Å². The van der Waals surface area contributed by atoms with Crippen LogP contribution in [0.15, 0.2) is 47.6 Å². The average Bonchev–Trinajstić information content (AvgIpc) is 3.32. The number of benzene rings is 2. The van der Waals surface area contributed by atoms with E-state index in [2.05, 4.69) is 20.8 Å². The van der Waals surface area contributed by atoms with Gasteiger partial charge >= 0.3 is 0 Å². The van der Waals surface area contributed by atoms with Crippen molar-refractivity contribution < 1.29 is 19.1 Å². The summed E-state index contributed by atoms with van der Waals surface area (Å²) in [5, 5.41) is 15.7. The molecule has 12 heteroatoms. The summed E-state index contributed by atoms with van der Waals surface area (Å²) in [5.41, 5.74) is 1.02. The molecule has 9 nitrogen and oxygen atoms in total. The number of thioether (sulfide) groups is 2. The highest BCUT2D eigenvalue weighted by Gasteiger charge is 2.23. The molecule has 198 valence electrons. The van der Waals surface area contributed by atoms with Crippen LogP contribution in [0.1, 0.15) is 35.6 Å². The zero-order valence-electron chi connectivity index (χ0n) is 21.1. The van der Waals surface area contributed by atoms with Gasteiger partial charge in [-0.25, -0.2) is 0 Å². The molecule has 0 aliphatic rings. The van der Waals surface area contributed by atoms with E-state index in [9.17, 15) is 9.59 Å². The number of nitrogens with one attached hydrogen (secondary N) is 2. The molecule has 1 atom stereocenters. The summed E-state index contributed by atoms with van der Waals surface area (Å²) < 4.78 is 12.4. The Bertz CT molecular complexity index is 1210. The van der Waals surface area contributed by atoms with Crippen LogP contribution in [0.2, 0.25) is 5.02 Å². The Morgan fingerprint density at radius 1 is 1.11 bits per heavy atom. The number of anilines is 1. The monoisotopic (exact) mass is 563 g/mol. The van der Waals surface area contributed by atoms with Crippen molar-refractivity contribution in [3.05, 3.63) is 58.9 Å². The number of ether oxygens (including phenoxy) is 2. The lowest BCUT2D eigenvalue weighted by Crippen LogP contribution is -2.31. The molecule has 0 bridgehead atoms. The molecule has 37 heavy (non-hydrogen) atoms. The predicted octanol–water partition coefficient (Wildman–Crippen LogP) is 4.92. The molecular formula is C25H30ClN5O4S2. The fraction of sp³-hybridized carbons (Fsp3) is 0.360. The third-order valence-electron chi connectivity index (χ3n) is 5.41. The number of hydrogen-bond acceptors (Lipinski definition) is 8. The van der Waals surface area contributed by atoms with Crippen molar-refractivity contribution in [2.24, 2.45) is 0 Å². The highest BCUT2D eigenvalue weighted by molar-refractivity contribution is 7.99. The van der Waals surface area contributed by atoms with E-state index in [4.69, 9.17) is 21.1 Å². The number of nitrogens with zero attached hydrogens (tertiary/aromatic N) is 3. The van der Waals surface area contributed by atoms with Crippen LogP contribution in [0.3, 0.4) is 0 Å². The third kappa shape index (κ3) is 7.80. The van der Waals surface area contributed by atoms with Crippen LogP contribution in [0.25, 0.3) is 0 Å². The second-order valence-corrected chi connectivity index (χ2v) is 10.2. The lowest BCUT2D eigenvalue weighted by Gasteiger charge is -2.19. The van der Waals surface area contributed by atoms with Gasteiger partial charge in [-0.3, -0.25) is 9.59 Å². The second-order valence-electron chi connectivity index (χ2n) is 7.80. The van der Waals surface area contributed by atoms with Gasteiger partial charge in [0.1, 0.15) is 11.5 Å². The number of amides is 2. The minimum absolute atomic E-state index is 0.113. The number of hydrogen-bond donors (Lipinski definition) is 2. The van der Waals surface area contributed by atoms with Gasteiger partial charge in [0.05, 0.1) is 31.7 Å². The fourth-order valence-electron chi connectivity index (χ4n) is 3.54. The minimum atomic E-state index is -0.339. The molecular weight excluding hydrogens is 534 g/mol. The smallest absolute Gasteiger partial charge is 0.251 e. The van der Waals surface area contributed by atoms with Crippen molar-refractivity contribution in [3.63, 3.8) is 0 Å². The van der Waals surface area contributed by atoms with Crippen molar-refractivity contribution in [2.75, 3.05) is 37.3 Å². The number of aromatic nitrogens is 3. The van der Waals surface area contributed by atoms with Crippen LogP contribution in [0.4, 0.5) is 5.69 Å². The Hall–Kier alpha value is -2.89. The summed E-state index contributed by atoms with van der Waals surface area (Å²) in [6.07, 6.45) is 2.70. The van der Waals surface area contributed by atoms with E-state index in [0.717, 1.165) is 5.75 Å². The molecule has 1 aromatic heterocycles. The lowest BCUT2D eigenvalue weighted by molar-refractivity contribution is -0.113. The Labute approximate surface area is 230 Å². The number of rotatable bonds is 13. The normalized spacial score (nSPS) is 11.6. The van der Waals surface area contributed by atoms with Gasteiger partial charge in [0, 0.05) is 17.1 Å². The molecule has 3 aromatic rings. The Morgan fingerprint density at radius 2 is 1.86 bits per heavy atom. The quantitative estimate of drug-likeness (QED) is 0.282. The van der Waals surface area contributed by atoms with Crippen LogP contribution in [0, 0.1) is 0 Å². The summed E-state index contributed by atoms with van der Waals surface area (Å²) >= 11 is 9.01. The van der Waals surface area contributed by atoms with E-state index in [1.54, 1.807) is 61.3 Å². The van der Waals surface area contributed by atoms with E-state index in [-0.39, 0.29) is 23.6 Å². The first kappa shape index (κ1) is 28.7. The summed E-state index contributed by atoms with van der Waals surface area (Å²) in [7, 11) is 3.11. The summed E-state index contributed by atoms with van der Waals surface area (Å²) in [4.78, 5) is 25.6. The maximum atomic E-state index is 13.0.